The molecule has 2 aromatic carbocycles. The zero-order valence-electron chi connectivity index (χ0n) is 18.2. The molecule has 1 aliphatic rings. The summed E-state index contributed by atoms with van der Waals surface area (Å²) < 4.78 is 0. The molecule has 0 radical (unpaired) electrons. The molecule has 0 unspecified atom stereocenters. The molecule has 3 aromatic rings. The number of hydrogen-bond acceptors (Lipinski definition) is 6. The normalized spacial score (nSPS) is 13.6. The average Bonchev–Trinajstić information content (AvgIpc) is 2.80. The lowest BCUT2D eigenvalue weighted by Gasteiger charge is -2.31. The first-order valence-corrected chi connectivity index (χ1v) is 10.8. The Labute approximate surface area is 183 Å². The van der Waals surface area contributed by atoms with Crippen molar-refractivity contribution in [3.63, 3.8) is 0 Å². The molecule has 0 saturated carbocycles. The number of hydrogen-bond donors (Lipinski definition) is 2. The van der Waals surface area contributed by atoms with Crippen molar-refractivity contribution in [1.82, 2.24) is 9.97 Å². The van der Waals surface area contributed by atoms with E-state index in [0.717, 1.165) is 58.5 Å². The third kappa shape index (κ3) is 4.61. The molecular weight excluding hydrogens is 384 g/mol. The number of benzene rings is 2. The van der Waals surface area contributed by atoms with Gasteiger partial charge in [0.1, 0.15) is 11.6 Å². The topological polar surface area (TPSA) is 90.9 Å². The number of nitrogens with one attached hydrogen (secondary N) is 1. The summed E-state index contributed by atoms with van der Waals surface area (Å²) in [5, 5.41) is 12.4. The number of anilines is 4. The molecule has 4 rings (SSSR count). The fourth-order valence-electron chi connectivity index (χ4n) is 4.13. The van der Waals surface area contributed by atoms with Crippen LogP contribution < -0.4 is 16.0 Å². The minimum atomic E-state index is 0.606. The van der Waals surface area contributed by atoms with Crippen molar-refractivity contribution in [3.8, 4) is 6.07 Å². The largest absolute Gasteiger partial charge is 0.397 e. The molecule has 3 N–H and O–H groups in total. The lowest BCUT2D eigenvalue weighted by molar-refractivity contribution is 0.578. The van der Waals surface area contributed by atoms with E-state index in [-0.39, 0.29) is 0 Å². The molecule has 1 aromatic heterocycles. The number of aromatic nitrogens is 2. The van der Waals surface area contributed by atoms with E-state index in [4.69, 9.17) is 16.0 Å². The second-order valence-corrected chi connectivity index (χ2v) is 8.14. The van der Waals surface area contributed by atoms with Gasteiger partial charge in [-0.3, -0.25) is 0 Å². The van der Waals surface area contributed by atoms with Gasteiger partial charge < -0.3 is 16.0 Å². The Morgan fingerprint density at radius 2 is 1.84 bits per heavy atom. The third-order valence-electron chi connectivity index (χ3n) is 5.90. The van der Waals surface area contributed by atoms with Crippen LogP contribution in [0.2, 0.25) is 0 Å². The summed E-state index contributed by atoms with van der Waals surface area (Å²) in [6.45, 7) is 6.32. The van der Waals surface area contributed by atoms with Crippen molar-refractivity contribution in [3.05, 3.63) is 70.7 Å². The molecule has 1 aliphatic heterocycles. The molecule has 1 saturated heterocycles. The van der Waals surface area contributed by atoms with Gasteiger partial charge in [-0.15, -0.1) is 0 Å². The fourth-order valence-corrected chi connectivity index (χ4v) is 4.13. The average molecular weight is 413 g/mol. The zero-order valence-corrected chi connectivity index (χ0v) is 18.2. The van der Waals surface area contributed by atoms with Crippen molar-refractivity contribution in [2.75, 3.05) is 29.0 Å². The lowest BCUT2D eigenvalue weighted by Crippen LogP contribution is -2.30. The minimum Gasteiger partial charge on any atom is -0.397 e. The second kappa shape index (κ2) is 9.05. The number of rotatable bonds is 5. The van der Waals surface area contributed by atoms with Gasteiger partial charge >= 0.3 is 0 Å². The van der Waals surface area contributed by atoms with Crippen molar-refractivity contribution in [2.45, 2.75) is 39.5 Å². The van der Waals surface area contributed by atoms with Crippen LogP contribution in [0.25, 0.3) is 0 Å². The fraction of sp³-hybridized carbons (Fsp3) is 0.320. The molecule has 158 valence electrons. The SMILES string of the molecule is Cc1cc(N2CCCCC2)c(N)c(C)c1Nc1ccnc(Cc2ccc(C#N)cc2)n1. The summed E-state index contributed by atoms with van der Waals surface area (Å²) in [5.74, 6) is 1.47. The summed E-state index contributed by atoms with van der Waals surface area (Å²) in [7, 11) is 0. The highest BCUT2D eigenvalue weighted by atomic mass is 15.1. The quantitative estimate of drug-likeness (QED) is 0.581. The van der Waals surface area contributed by atoms with Crippen molar-refractivity contribution in [1.29, 1.82) is 5.26 Å². The van der Waals surface area contributed by atoms with Gasteiger partial charge in [0.2, 0.25) is 0 Å². The Morgan fingerprint density at radius 1 is 1.10 bits per heavy atom. The van der Waals surface area contributed by atoms with E-state index in [1.807, 2.05) is 30.3 Å². The van der Waals surface area contributed by atoms with Gasteiger partial charge in [-0.05, 0) is 74.1 Å². The first-order valence-electron chi connectivity index (χ1n) is 10.8. The Balaban J connectivity index is 1.55. The van der Waals surface area contributed by atoms with Gasteiger partial charge in [0.15, 0.2) is 0 Å². The Bertz CT molecular complexity index is 1110. The molecule has 0 bridgehead atoms. The third-order valence-corrected chi connectivity index (χ3v) is 5.90. The molecule has 6 heteroatoms. The monoisotopic (exact) mass is 412 g/mol. The highest BCUT2D eigenvalue weighted by Crippen LogP contribution is 2.37. The van der Waals surface area contributed by atoms with Crippen LogP contribution in [0.3, 0.4) is 0 Å². The number of nitriles is 1. The number of piperidine rings is 1. The number of aryl methyl sites for hydroxylation is 1. The van der Waals surface area contributed by atoms with Gasteiger partial charge in [-0.2, -0.15) is 5.26 Å². The van der Waals surface area contributed by atoms with E-state index in [1.54, 1.807) is 6.20 Å². The maximum atomic E-state index is 8.96. The molecule has 1 fully saturated rings. The van der Waals surface area contributed by atoms with Crippen molar-refractivity contribution in [2.24, 2.45) is 0 Å². The van der Waals surface area contributed by atoms with Crippen LogP contribution in [-0.2, 0) is 6.42 Å². The lowest BCUT2D eigenvalue weighted by atomic mass is 10.0. The van der Waals surface area contributed by atoms with Crippen LogP contribution >= 0.6 is 0 Å². The number of nitrogens with two attached hydrogens (primary N) is 1. The standard InChI is InChI=1S/C25H28N6/c1-17-14-21(31-12-4-3-5-13-31)24(27)18(2)25(17)30-22-10-11-28-23(29-22)15-19-6-8-20(16-26)9-7-19/h6-11,14H,3-5,12-13,15,27H2,1-2H3,(H,28,29,30). The van der Waals surface area contributed by atoms with E-state index in [0.29, 0.717) is 12.0 Å². The van der Waals surface area contributed by atoms with Crippen molar-refractivity contribution >= 4 is 22.9 Å². The van der Waals surface area contributed by atoms with Crippen molar-refractivity contribution < 1.29 is 0 Å². The molecular formula is C25H28N6. The van der Waals surface area contributed by atoms with E-state index < -0.39 is 0 Å². The summed E-state index contributed by atoms with van der Waals surface area (Å²) >= 11 is 0. The first kappa shape index (κ1) is 20.7. The summed E-state index contributed by atoms with van der Waals surface area (Å²) in [6.07, 6.45) is 6.12. The summed E-state index contributed by atoms with van der Waals surface area (Å²) in [6, 6.07) is 13.7. The van der Waals surface area contributed by atoms with E-state index in [2.05, 4.69) is 41.2 Å². The maximum absolute atomic E-state index is 8.96. The van der Waals surface area contributed by atoms with Crippen LogP contribution in [0.15, 0.2) is 42.6 Å². The maximum Gasteiger partial charge on any atom is 0.135 e. The van der Waals surface area contributed by atoms with E-state index >= 15 is 0 Å². The van der Waals surface area contributed by atoms with Crippen LogP contribution in [0.4, 0.5) is 22.9 Å². The molecule has 0 atom stereocenters. The number of nitrogen functional groups attached to an aromatic ring is 1. The van der Waals surface area contributed by atoms with Crippen LogP contribution in [0.5, 0.6) is 0 Å². The predicted octanol–water partition coefficient (Wildman–Crippen LogP) is 4.87. The second-order valence-electron chi connectivity index (χ2n) is 8.14. The molecule has 0 amide bonds. The van der Waals surface area contributed by atoms with Gasteiger partial charge in [-0.1, -0.05) is 12.1 Å². The van der Waals surface area contributed by atoms with E-state index in [1.165, 1.54) is 19.3 Å². The van der Waals surface area contributed by atoms with Crippen LogP contribution in [0, 0.1) is 25.2 Å². The Hall–Kier alpha value is -3.59. The highest BCUT2D eigenvalue weighted by molar-refractivity contribution is 5.82. The number of nitrogens with zero attached hydrogens (tertiary/aromatic N) is 4. The molecule has 6 nitrogen and oxygen atoms in total. The predicted molar refractivity (Wildman–Crippen MR) is 126 cm³/mol. The smallest absolute Gasteiger partial charge is 0.135 e. The van der Waals surface area contributed by atoms with Gasteiger partial charge in [-0.25, -0.2) is 9.97 Å². The minimum absolute atomic E-state index is 0.606. The highest BCUT2D eigenvalue weighted by Gasteiger charge is 2.18. The van der Waals surface area contributed by atoms with Gasteiger partial charge in [0.05, 0.1) is 23.0 Å². The summed E-state index contributed by atoms with van der Waals surface area (Å²) in [5.41, 5.74) is 13.5. The van der Waals surface area contributed by atoms with Gasteiger partial charge in [0.25, 0.3) is 0 Å². The van der Waals surface area contributed by atoms with Crippen LogP contribution in [0.1, 0.15) is 47.3 Å². The molecule has 31 heavy (non-hydrogen) atoms. The van der Waals surface area contributed by atoms with E-state index in [9.17, 15) is 0 Å². The summed E-state index contributed by atoms with van der Waals surface area (Å²) in [4.78, 5) is 11.5. The zero-order chi connectivity index (χ0) is 21.8. The van der Waals surface area contributed by atoms with Gasteiger partial charge in [0, 0.05) is 31.4 Å². The Kier molecular flexibility index (Phi) is 6.03. The van der Waals surface area contributed by atoms with Crippen LogP contribution in [-0.4, -0.2) is 23.1 Å². The Morgan fingerprint density at radius 3 is 2.55 bits per heavy atom. The molecule has 2 heterocycles. The first-order chi connectivity index (χ1) is 15.0. The molecule has 0 spiro atoms. The molecule has 0 aliphatic carbocycles.